The summed E-state index contributed by atoms with van der Waals surface area (Å²) in [5.41, 5.74) is 4.52. The Hall–Kier alpha value is -4.38. The molecular weight excluding hydrogens is 470 g/mol. The lowest BCUT2D eigenvalue weighted by Gasteiger charge is -2.27. The number of anilines is 1. The Kier molecular flexibility index (Phi) is 6.53. The van der Waals surface area contributed by atoms with Gasteiger partial charge in [0.1, 0.15) is 5.75 Å². The molecule has 8 heteroatoms. The lowest BCUT2D eigenvalue weighted by Crippen LogP contribution is -2.27. The average molecular weight is 498 g/mol. The summed E-state index contributed by atoms with van der Waals surface area (Å²) in [4.78, 5) is 32.2. The van der Waals surface area contributed by atoms with Crippen LogP contribution in [0, 0.1) is 12.5 Å². The minimum Gasteiger partial charge on any atom is -0.493 e. The summed E-state index contributed by atoms with van der Waals surface area (Å²) in [7, 11) is 1.58. The molecule has 2 aromatic carbocycles. The topological polar surface area (TPSA) is 102 Å². The van der Waals surface area contributed by atoms with Gasteiger partial charge in [-0.2, -0.15) is 0 Å². The lowest BCUT2D eigenvalue weighted by molar-refractivity contribution is -0.137. The highest BCUT2D eigenvalue weighted by molar-refractivity contribution is 5.97. The number of hydrogen-bond acceptors (Lipinski definition) is 5. The minimum absolute atomic E-state index is 0.0481. The second-order valence-electron chi connectivity index (χ2n) is 9.50. The Morgan fingerprint density at radius 3 is 2.78 bits per heavy atom. The van der Waals surface area contributed by atoms with Crippen LogP contribution in [0.25, 0.3) is 16.0 Å². The van der Waals surface area contributed by atoms with Gasteiger partial charge >= 0.3 is 5.97 Å². The highest BCUT2D eigenvalue weighted by Crippen LogP contribution is 2.61. The van der Waals surface area contributed by atoms with E-state index in [2.05, 4.69) is 21.2 Å². The molecule has 1 aliphatic carbocycles. The number of rotatable bonds is 8. The molecule has 2 heterocycles. The van der Waals surface area contributed by atoms with Crippen molar-refractivity contribution in [3.8, 4) is 22.8 Å². The molecule has 2 atom stereocenters. The maximum Gasteiger partial charge on any atom is 0.303 e. The smallest absolute Gasteiger partial charge is 0.303 e. The van der Waals surface area contributed by atoms with Gasteiger partial charge in [-0.05, 0) is 61.1 Å². The number of carboxylic acids is 1. The van der Waals surface area contributed by atoms with Crippen molar-refractivity contribution in [1.29, 1.82) is 0 Å². The standard InChI is InChI=1S/C29H27N3O5/c1-30-21-9-6-18(4-3-5-27(33)34)24(15-21)32-28(35)23-16-29(23)12-13-37-25-10-7-19(14-22(25)29)20-8-11-26(36-2)31-17-20/h6-11,14-15,17,23H,3-5,12-13,16H2,2H3,(H,32,35)(H,33,34)/t23-,29-/m0/s1. The van der Waals surface area contributed by atoms with Gasteiger partial charge in [-0.1, -0.05) is 18.2 Å². The van der Waals surface area contributed by atoms with Gasteiger partial charge in [-0.15, -0.1) is 0 Å². The fourth-order valence-corrected chi connectivity index (χ4v) is 5.22. The maximum absolute atomic E-state index is 13.5. The monoisotopic (exact) mass is 497 g/mol. The number of nitrogens with zero attached hydrogens (tertiary/aromatic N) is 2. The zero-order valence-corrected chi connectivity index (χ0v) is 20.5. The second kappa shape index (κ2) is 9.94. The number of aromatic nitrogens is 1. The predicted octanol–water partition coefficient (Wildman–Crippen LogP) is 5.39. The van der Waals surface area contributed by atoms with Crippen LogP contribution in [0.15, 0.2) is 54.7 Å². The zero-order chi connectivity index (χ0) is 26.0. The van der Waals surface area contributed by atoms with Crippen LogP contribution in [-0.4, -0.2) is 35.7 Å². The van der Waals surface area contributed by atoms with Crippen LogP contribution in [0.4, 0.5) is 11.4 Å². The van der Waals surface area contributed by atoms with Crippen LogP contribution in [0.1, 0.15) is 36.8 Å². The fraction of sp³-hybridized carbons (Fsp3) is 0.310. The van der Waals surface area contributed by atoms with Crippen molar-refractivity contribution in [2.45, 2.75) is 37.5 Å². The van der Waals surface area contributed by atoms with E-state index in [1.54, 1.807) is 31.5 Å². The zero-order valence-electron chi connectivity index (χ0n) is 20.5. The molecule has 1 aromatic heterocycles. The van der Waals surface area contributed by atoms with Crippen molar-refractivity contribution in [1.82, 2.24) is 4.98 Å². The SMILES string of the molecule is [C-]#[N+]c1ccc(CCCC(=O)O)c(NC(=O)[C@@H]2C[C@]23CCOc2ccc(-c4ccc(OC)nc4)cc23)c1. The van der Waals surface area contributed by atoms with Gasteiger partial charge in [-0.3, -0.25) is 9.59 Å². The molecule has 8 nitrogen and oxygen atoms in total. The first-order valence-corrected chi connectivity index (χ1v) is 12.2. The first-order valence-electron chi connectivity index (χ1n) is 12.2. The number of aliphatic carboxylic acids is 1. The van der Waals surface area contributed by atoms with E-state index < -0.39 is 5.97 Å². The molecule has 0 saturated heterocycles. The van der Waals surface area contributed by atoms with E-state index in [9.17, 15) is 9.59 Å². The number of benzene rings is 2. The Morgan fingerprint density at radius 1 is 1.22 bits per heavy atom. The van der Waals surface area contributed by atoms with E-state index in [0.717, 1.165) is 40.8 Å². The van der Waals surface area contributed by atoms with E-state index in [-0.39, 0.29) is 23.7 Å². The molecule has 1 amide bonds. The molecule has 188 valence electrons. The Balaban J connectivity index is 1.38. The molecule has 2 N–H and O–H groups in total. The number of carboxylic acid groups (broad SMARTS) is 1. The van der Waals surface area contributed by atoms with Gasteiger partial charge < -0.3 is 19.9 Å². The van der Waals surface area contributed by atoms with Crippen molar-refractivity contribution in [2.75, 3.05) is 19.0 Å². The number of nitrogens with one attached hydrogen (secondary N) is 1. The van der Waals surface area contributed by atoms with Gasteiger partial charge in [0.2, 0.25) is 11.8 Å². The summed E-state index contributed by atoms with van der Waals surface area (Å²) in [5, 5.41) is 12.0. The summed E-state index contributed by atoms with van der Waals surface area (Å²) in [6.07, 6.45) is 4.24. The number of pyridine rings is 1. The molecule has 5 rings (SSSR count). The first-order chi connectivity index (χ1) is 17.9. The average Bonchev–Trinajstić information content (AvgIpc) is 3.64. The van der Waals surface area contributed by atoms with Gasteiger partial charge in [0, 0.05) is 46.8 Å². The van der Waals surface area contributed by atoms with E-state index in [1.807, 2.05) is 24.3 Å². The molecule has 2 aliphatic rings. The molecule has 0 bridgehead atoms. The predicted molar refractivity (Wildman–Crippen MR) is 138 cm³/mol. The first kappa shape index (κ1) is 24.3. The second-order valence-corrected chi connectivity index (χ2v) is 9.50. The Bertz CT molecular complexity index is 1400. The van der Waals surface area contributed by atoms with Crippen molar-refractivity contribution in [3.63, 3.8) is 0 Å². The summed E-state index contributed by atoms with van der Waals surface area (Å²) < 4.78 is 11.1. The largest absolute Gasteiger partial charge is 0.493 e. The molecule has 0 unspecified atom stereocenters. The van der Waals surface area contributed by atoms with Crippen LogP contribution >= 0.6 is 0 Å². The summed E-state index contributed by atoms with van der Waals surface area (Å²) in [5.74, 6) is 0.182. The van der Waals surface area contributed by atoms with Crippen LogP contribution < -0.4 is 14.8 Å². The summed E-state index contributed by atoms with van der Waals surface area (Å²) >= 11 is 0. The number of amides is 1. The number of fused-ring (bicyclic) bond motifs is 2. The number of aryl methyl sites for hydroxylation is 1. The molecule has 1 spiro atoms. The van der Waals surface area contributed by atoms with Crippen LogP contribution in [0.3, 0.4) is 0 Å². The summed E-state index contributed by atoms with van der Waals surface area (Å²) in [6.45, 7) is 7.89. The Labute approximate surface area is 215 Å². The van der Waals surface area contributed by atoms with E-state index in [4.69, 9.17) is 21.2 Å². The van der Waals surface area contributed by atoms with Gasteiger partial charge in [0.15, 0.2) is 5.69 Å². The molecule has 37 heavy (non-hydrogen) atoms. The molecule has 0 radical (unpaired) electrons. The third-order valence-corrected chi connectivity index (χ3v) is 7.31. The van der Waals surface area contributed by atoms with Crippen molar-refractivity contribution < 1.29 is 24.2 Å². The Morgan fingerprint density at radius 2 is 2.05 bits per heavy atom. The van der Waals surface area contributed by atoms with E-state index >= 15 is 0 Å². The number of carbonyl (C=O) groups excluding carboxylic acids is 1. The van der Waals surface area contributed by atoms with Crippen LogP contribution in [-0.2, 0) is 21.4 Å². The number of ether oxygens (including phenoxy) is 2. The molecular formula is C29H27N3O5. The highest BCUT2D eigenvalue weighted by atomic mass is 16.5. The van der Waals surface area contributed by atoms with Gasteiger partial charge in [0.05, 0.1) is 20.3 Å². The van der Waals surface area contributed by atoms with Crippen molar-refractivity contribution >= 4 is 23.3 Å². The van der Waals surface area contributed by atoms with Crippen LogP contribution in [0.5, 0.6) is 11.6 Å². The van der Waals surface area contributed by atoms with E-state index in [0.29, 0.717) is 36.7 Å². The fourth-order valence-electron chi connectivity index (χ4n) is 5.22. The number of carbonyl (C=O) groups is 2. The molecule has 1 saturated carbocycles. The summed E-state index contributed by atoms with van der Waals surface area (Å²) in [6, 6.07) is 15.0. The molecule has 3 aromatic rings. The van der Waals surface area contributed by atoms with Crippen molar-refractivity contribution in [3.05, 3.63) is 77.3 Å². The van der Waals surface area contributed by atoms with E-state index in [1.165, 1.54) is 0 Å². The third kappa shape index (κ3) is 4.85. The number of hydrogen-bond donors (Lipinski definition) is 2. The van der Waals surface area contributed by atoms with Gasteiger partial charge in [-0.25, -0.2) is 9.83 Å². The van der Waals surface area contributed by atoms with Gasteiger partial charge in [0.25, 0.3) is 0 Å². The van der Waals surface area contributed by atoms with Crippen molar-refractivity contribution in [2.24, 2.45) is 5.92 Å². The lowest BCUT2D eigenvalue weighted by atomic mass is 9.85. The maximum atomic E-state index is 13.5. The van der Waals surface area contributed by atoms with Crippen LogP contribution in [0.2, 0.25) is 0 Å². The third-order valence-electron chi connectivity index (χ3n) is 7.31. The highest BCUT2D eigenvalue weighted by Gasteiger charge is 2.61. The number of methoxy groups -OCH3 is 1. The molecule has 1 aliphatic heterocycles. The molecule has 1 fully saturated rings. The minimum atomic E-state index is -0.855. The quantitative estimate of drug-likeness (QED) is 0.405. The normalized spacial score (nSPS) is 19.3.